The number of Topliss-reactive ketones (excluding diaryl/α,β-unsaturated/α-hetero) is 1. The van der Waals surface area contributed by atoms with Gasteiger partial charge in [-0.2, -0.15) is 0 Å². The lowest BCUT2D eigenvalue weighted by Crippen LogP contribution is -2.59. The van der Waals surface area contributed by atoms with Gasteiger partial charge in [0.25, 0.3) is 0 Å². The van der Waals surface area contributed by atoms with Gasteiger partial charge in [-0.15, -0.1) is 0 Å². The van der Waals surface area contributed by atoms with Crippen LogP contribution in [0.1, 0.15) is 6.92 Å². The predicted octanol–water partition coefficient (Wildman–Crippen LogP) is 0.543. The summed E-state index contributed by atoms with van der Waals surface area (Å²) in [5.74, 6) is -0.107. The number of imide groups is 1. The third-order valence-corrected chi connectivity index (χ3v) is 3.26. The molecule has 0 saturated carbocycles. The van der Waals surface area contributed by atoms with Crippen LogP contribution < -0.4 is 10.2 Å². The Morgan fingerprint density at radius 1 is 1.35 bits per heavy atom. The molecule has 20 heavy (non-hydrogen) atoms. The number of hydrogen-bond acceptors (Lipinski definition) is 4. The first-order valence-electron chi connectivity index (χ1n) is 6.40. The largest absolute Gasteiger partial charge is 0.332 e. The highest BCUT2D eigenvalue weighted by molar-refractivity contribution is 6.07. The minimum atomic E-state index is -0.546. The van der Waals surface area contributed by atoms with Crippen LogP contribution in [0.2, 0.25) is 0 Å². The smallest absolute Gasteiger partial charge is 0.312 e. The first-order valence-corrected chi connectivity index (χ1v) is 6.40. The molecule has 6 nitrogen and oxygen atoms in total. The van der Waals surface area contributed by atoms with Crippen molar-refractivity contribution in [3.05, 3.63) is 30.3 Å². The number of ketones is 1. The number of urea groups is 1. The molecular formula is C14H16N3O3. The van der Waals surface area contributed by atoms with E-state index in [4.69, 9.17) is 0 Å². The minimum absolute atomic E-state index is 0.107. The maximum Gasteiger partial charge on any atom is 0.332 e. The van der Waals surface area contributed by atoms with Gasteiger partial charge in [-0.25, -0.2) is 9.69 Å². The number of carbonyl (C=O) groups is 2. The number of nitrogens with zero attached hydrogens (tertiary/aromatic N) is 2. The van der Waals surface area contributed by atoms with Crippen LogP contribution in [-0.2, 0) is 9.59 Å². The summed E-state index contributed by atoms with van der Waals surface area (Å²) >= 11 is 0. The van der Waals surface area contributed by atoms with Gasteiger partial charge in [0.05, 0.1) is 5.69 Å². The first kappa shape index (κ1) is 14.2. The number of amides is 3. The molecule has 3 amide bonds. The van der Waals surface area contributed by atoms with Gasteiger partial charge in [-0.05, 0) is 19.1 Å². The van der Waals surface area contributed by atoms with E-state index in [1.165, 1.54) is 11.8 Å². The van der Waals surface area contributed by atoms with Gasteiger partial charge in [-0.3, -0.25) is 9.59 Å². The zero-order chi connectivity index (χ0) is 14.5. The van der Waals surface area contributed by atoms with Gasteiger partial charge in [0, 0.05) is 19.6 Å². The van der Waals surface area contributed by atoms with E-state index in [9.17, 15) is 14.4 Å². The van der Waals surface area contributed by atoms with Gasteiger partial charge < -0.3 is 10.2 Å². The fraction of sp³-hybridized carbons (Fsp3) is 0.357. The van der Waals surface area contributed by atoms with Crippen molar-refractivity contribution >= 4 is 23.9 Å². The lowest BCUT2D eigenvalue weighted by molar-refractivity contribution is -0.121. The molecule has 1 N–H and O–H groups in total. The Hall–Kier alpha value is -2.21. The number of para-hydroxylation sites is 1. The van der Waals surface area contributed by atoms with E-state index in [1.807, 2.05) is 0 Å². The fourth-order valence-corrected chi connectivity index (χ4v) is 2.20. The molecule has 1 heterocycles. The molecule has 1 aliphatic rings. The second-order valence-corrected chi connectivity index (χ2v) is 4.57. The average Bonchev–Trinajstić information content (AvgIpc) is 2.49. The average molecular weight is 274 g/mol. The number of piperazine rings is 1. The summed E-state index contributed by atoms with van der Waals surface area (Å²) in [6, 6.07) is 7.48. The van der Waals surface area contributed by atoms with Crippen molar-refractivity contribution in [2.24, 2.45) is 0 Å². The number of rotatable bonds is 3. The molecule has 1 unspecified atom stereocenters. The molecular weight excluding hydrogens is 258 g/mol. The van der Waals surface area contributed by atoms with Crippen LogP contribution >= 0.6 is 0 Å². The Kier molecular flexibility index (Phi) is 4.47. The molecule has 0 aromatic heterocycles. The first-order chi connectivity index (χ1) is 9.65. The molecule has 1 radical (unpaired) electrons. The van der Waals surface area contributed by atoms with Crippen molar-refractivity contribution in [2.75, 3.05) is 24.5 Å². The molecule has 1 aromatic carbocycles. The molecule has 1 aromatic rings. The number of benzene rings is 1. The highest BCUT2D eigenvalue weighted by Crippen LogP contribution is 2.16. The second-order valence-electron chi connectivity index (χ2n) is 4.57. The monoisotopic (exact) mass is 274 g/mol. The number of hydrogen-bond donors (Lipinski definition) is 1. The van der Waals surface area contributed by atoms with E-state index in [0.29, 0.717) is 25.3 Å². The molecule has 1 fully saturated rings. The van der Waals surface area contributed by atoms with Crippen molar-refractivity contribution in [3.63, 3.8) is 0 Å². The molecule has 6 heteroatoms. The lowest BCUT2D eigenvalue weighted by atomic mass is 10.1. The SMILES string of the molecule is CC(=O)C1CNCCN1C(=O)N([C]=O)c1ccccc1. The van der Waals surface area contributed by atoms with Crippen LogP contribution in [0, 0.1) is 0 Å². The van der Waals surface area contributed by atoms with Crippen LogP contribution in [0.3, 0.4) is 0 Å². The summed E-state index contributed by atoms with van der Waals surface area (Å²) in [6.07, 6.45) is 1.64. The van der Waals surface area contributed by atoms with Crippen LogP contribution in [0.15, 0.2) is 30.3 Å². The minimum Gasteiger partial charge on any atom is -0.312 e. The van der Waals surface area contributed by atoms with Crippen molar-refractivity contribution in [2.45, 2.75) is 13.0 Å². The maximum atomic E-state index is 12.5. The Morgan fingerprint density at radius 3 is 2.65 bits per heavy atom. The number of carbonyl (C=O) groups excluding carboxylic acids is 3. The molecule has 1 saturated heterocycles. The molecule has 0 aliphatic carbocycles. The van der Waals surface area contributed by atoms with Crippen LogP contribution in [0.5, 0.6) is 0 Å². The van der Waals surface area contributed by atoms with E-state index >= 15 is 0 Å². The molecule has 0 bridgehead atoms. The molecule has 1 aliphatic heterocycles. The van der Waals surface area contributed by atoms with Crippen LogP contribution in [0.4, 0.5) is 10.5 Å². The van der Waals surface area contributed by atoms with Gasteiger partial charge >= 0.3 is 12.4 Å². The summed E-state index contributed by atoms with van der Waals surface area (Å²) in [7, 11) is 0. The second kappa shape index (κ2) is 6.29. The Morgan fingerprint density at radius 2 is 2.05 bits per heavy atom. The van der Waals surface area contributed by atoms with Gasteiger partial charge in [0.15, 0.2) is 5.78 Å². The van der Waals surface area contributed by atoms with Crippen molar-refractivity contribution in [1.29, 1.82) is 0 Å². The van der Waals surface area contributed by atoms with Gasteiger partial charge in [0.2, 0.25) is 0 Å². The molecule has 2 rings (SSSR count). The zero-order valence-corrected chi connectivity index (χ0v) is 11.2. The normalized spacial score (nSPS) is 18.4. The topological polar surface area (TPSA) is 69.7 Å². The van der Waals surface area contributed by atoms with E-state index in [1.54, 1.807) is 36.7 Å². The van der Waals surface area contributed by atoms with E-state index < -0.39 is 12.1 Å². The van der Waals surface area contributed by atoms with Crippen LogP contribution in [0.25, 0.3) is 0 Å². The molecule has 1 atom stereocenters. The summed E-state index contributed by atoms with van der Waals surface area (Å²) in [5.41, 5.74) is 0.438. The zero-order valence-electron chi connectivity index (χ0n) is 11.2. The Balaban J connectivity index is 2.23. The number of anilines is 1. The highest BCUT2D eigenvalue weighted by Gasteiger charge is 2.33. The number of nitrogens with one attached hydrogen (secondary N) is 1. The standard InChI is InChI=1S/C14H16N3O3/c1-11(19)13-9-15-7-8-16(13)14(20)17(10-18)12-5-3-2-4-6-12/h2-6,13,15H,7-9H2,1H3. The third kappa shape index (κ3) is 2.85. The van der Waals surface area contributed by atoms with Crippen molar-refractivity contribution < 1.29 is 14.4 Å². The summed E-state index contributed by atoms with van der Waals surface area (Å²) in [6.45, 7) is 2.82. The van der Waals surface area contributed by atoms with E-state index in [-0.39, 0.29) is 5.78 Å². The predicted molar refractivity (Wildman–Crippen MR) is 74.1 cm³/mol. The van der Waals surface area contributed by atoms with E-state index in [2.05, 4.69) is 5.32 Å². The molecule has 0 spiro atoms. The summed E-state index contributed by atoms with van der Waals surface area (Å²) < 4.78 is 0. The van der Waals surface area contributed by atoms with Crippen LogP contribution in [-0.4, -0.2) is 48.8 Å². The van der Waals surface area contributed by atoms with E-state index in [0.717, 1.165) is 4.90 Å². The van der Waals surface area contributed by atoms with Crippen molar-refractivity contribution in [3.8, 4) is 0 Å². The third-order valence-electron chi connectivity index (χ3n) is 3.26. The fourth-order valence-electron chi connectivity index (χ4n) is 2.20. The quantitative estimate of drug-likeness (QED) is 0.817. The van der Waals surface area contributed by atoms with Gasteiger partial charge in [-0.1, -0.05) is 18.2 Å². The summed E-state index contributed by atoms with van der Waals surface area (Å²) in [5, 5.41) is 3.07. The Bertz CT molecular complexity index is 504. The maximum absolute atomic E-state index is 12.5. The van der Waals surface area contributed by atoms with Gasteiger partial charge in [0.1, 0.15) is 6.04 Å². The Labute approximate surface area is 117 Å². The summed E-state index contributed by atoms with van der Waals surface area (Å²) in [4.78, 5) is 37.5. The highest BCUT2D eigenvalue weighted by atomic mass is 16.2. The van der Waals surface area contributed by atoms with Crippen molar-refractivity contribution in [1.82, 2.24) is 10.2 Å². The lowest BCUT2D eigenvalue weighted by Gasteiger charge is -2.36. The molecule has 105 valence electrons.